The van der Waals surface area contributed by atoms with Crippen LogP contribution in [-0.2, 0) is 14.3 Å². The van der Waals surface area contributed by atoms with Crippen LogP contribution in [0.4, 0.5) is 5.69 Å². The summed E-state index contributed by atoms with van der Waals surface area (Å²) >= 11 is 1.12. The Kier molecular flexibility index (Phi) is 5.38. The van der Waals surface area contributed by atoms with Crippen LogP contribution in [-0.4, -0.2) is 51.9 Å². The predicted octanol–water partition coefficient (Wildman–Crippen LogP) is 1.90. The van der Waals surface area contributed by atoms with Crippen LogP contribution in [0, 0.1) is 0 Å². The Morgan fingerprint density at radius 1 is 1.35 bits per heavy atom. The number of aliphatic imine (C=N–C) groups is 1. The summed E-state index contributed by atoms with van der Waals surface area (Å²) in [7, 11) is 1.56. The van der Waals surface area contributed by atoms with Gasteiger partial charge in [0.25, 0.3) is 0 Å². The van der Waals surface area contributed by atoms with Gasteiger partial charge in [-0.1, -0.05) is 11.8 Å². The van der Waals surface area contributed by atoms with Gasteiger partial charge in [-0.15, -0.1) is 0 Å². The number of hydrogen-bond donors (Lipinski definition) is 1. The minimum absolute atomic E-state index is 0.241. The topological polar surface area (TPSA) is 96.3 Å². The van der Waals surface area contributed by atoms with Gasteiger partial charge >= 0.3 is 11.9 Å². The highest BCUT2D eigenvalue weighted by molar-refractivity contribution is 8.15. The summed E-state index contributed by atoms with van der Waals surface area (Å²) in [4.78, 5) is 40.0. The van der Waals surface area contributed by atoms with Crippen LogP contribution >= 0.6 is 11.8 Å². The number of amidine groups is 1. The maximum atomic E-state index is 12.0. The predicted molar refractivity (Wildman–Crippen MR) is 85.9 cm³/mol. The quantitative estimate of drug-likeness (QED) is 0.825. The van der Waals surface area contributed by atoms with Gasteiger partial charge < -0.3 is 9.84 Å². The fraction of sp³-hybridized carbons (Fsp3) is 0.333. The molecule has 0 radical (unpaired) electrons. The summed E-state index contributed by atoms with van der Waals surface area (Å²) in [6.07, 6.45) is -0.241. The maximum absolute atomic E-state index is 12.0. The molecule has 0 bridgehead atoms. The average molecular weight is 336 g/mol. The molecular formula is C15H16N2O5S. The number of thioether (sulfide) groups is 1. The zero-order valence-corrected chi connectivity index (χ0v) is 13.5. The molecule has 1 saturated heterocycles. The molecule has 0 unspecified atom stereocenters. The van der Waals surface area contributed by atoms with Crippen molar-refractivity contribution in [3.05, 3.63) is 29.8 Å². The molecule has 1 fully saturated rings. The van der Waals surface area contributed by atoms with E-state index in [1.807, 2.05) is 0 Å². The van der Waals surface area contributed by atoms with E-state index in [0.717, 1.165) is 11.8 Å². The van der Waals surface area contributed by atoms with Crippen LogP contribution in [0.1, 0.15) is 23.7 Å². The zero-order chi connectivity index (χ0) is 17.0. The summed E-state index contributed by atoms with van der Waals surface area (Å²) in [5, 5.41) is 8.59. The van der Waals surface area contributed by atoms with Gasteiger partial charge in [-0.25, -0.2) is 9.79 Å². The first-order valence-corrected chi connectivity index (χ1v) is 7.82. The molecule has 2 rings (SSSR count). The van der Waals surface area contributed by atoms with E-state index in [2.05, 4.69) is 4.99 Å². The highest BCUT2D eigenvalue weighted by atomic mass is 32.2. The van der Waals surface area contributed by atoms with Gasteiger partial charge in [0.05, 0.1) is 24.3 Å². The molecule has 0 spiro atoms. The Morgan fingerprint density at radius 3 is 2.57 bits per heavy atom. The number of rotatable bonds is 5. The molecule has 1 aliphatic heterocycles. The SMILES string of the molecule is CCOC(=O)c1ccc(N=C2S[C@@H](CC(=O)O)C(=O)N2C)cc1. The fourth-order valence-corrected chi connectivity index (χ4v) is 3.10. The van der Waals surface area contributed by atoms with Crippen LogP contribution < -0.4 is 0 Å². The minimum Gasteiger partial charge on any atom is -0.481 e. The van der Waals surface area contributed by atoms with Crippen molar-refractivity contribution in [1.29, 1.82) is 0 Å². The average Bonchev–Trinajstić information content (AvgIpc) is 2.76. The lowest BCUT2D eigenvalue weighted by molar-refractivity contribution is -0.139. The smallest absolute Gasteiger partial charge is 0.338 e. The summed E-state index contributed by atoms with van der Waals surface area (Å²) < 4.78 is 4.90. The molecule has 7 nitrogen and oxygen atoms in total. The van der Waals surface area contributed by atoms with Crippen LogP contribution in [0.15, 0.2) is 29.3 Å². The van der Waals surface area contributed by atoms with Crippen molar-refractivity contribution in [2.75, 3.05) is 13.7 Å². The molecule has 0 aromatic heterocycles. The molecule has 1 aromatic rings. The number of carbonyl (C=O) groups excluding carboxylic acids is 2. The van der Waals surface area contributed by atoms with Crippen molar-refractivity contribution in [3.63, 3.8) is 0 Å². The van der Waals surface area contributed by atoms with Crippen LogP contribution in [0.5, 0.6) is 0 Å². The largest absolute Gasteiger partial charge is 0.481 e. The number of carboxylic acids is 1. The fourth-order valence-electron chi connectivity index (χ4n) is 1.95. The number of carboxylic acid groups (broad SMARTS) is 1. The first-order chi connectivity index (χ1) is 10.9. The number of benzene rings is 1. The van der Waals surface area contributed by atoms with Gasteiger partial charge in [0, 0.05) is 7.05 Å². The van der Waals surface area contributed by atoms with Gasteiger partial charge in [-0.05, 0) is 31.2 Å². The zero-order valence-electron chi connectivity index (χ0n) is 12.7. The maximum Gasteiger partial charge on any atom is 0.338 e. The molecule has 0 aliphatic carbocycles. The third kappa shape index (κ3) is 4.10. The molecule has 1 aliphatic rings. The highest BCUT2D eigenvalue weighted by Gasteiger charge is 2.36. The number of nitrogens with zero attached hydrogens (tertiary/aromatic N) is 2. The van der Waals surface area contributed by atoms with E-state index in [1.165, 1.54) is 4.90 Å². The summed E-state index contributed by atoms with van der Waals surface area (Å²) in [5.41, 5.74) is 0.985. The Balaban J connectivity index is 2.14. The van der Waals surface area contributed by atoms with Crippen molar-refractivity contribution >= 4 is 40.5 Å². The van der Waals surface area contributed by atoms with Crippen molar-refractivity contribution in [3.8, 4) is 0 Å². The van der Waals surface area contributed by atoms with Crippen LogP contribution in [0.3, 0.4) is 0 Å². The molecule has 1 amide bonds. The van der Waals surface area contributed by atoms with Crippen molar-refractivity contribution in [1.82, 2.24) is 4.90 Å². The van der Waals surface area contributed by atoms with Gasteiger partial charge in [-0.2, -0.15) is 0 Å². The lowest BCUT2D eigenvalue weighted by Crippen LogP contribution is -2.28. The van der Waals surface area contributed by atoms with Gasteiger partial charge in [0.2, 0.25) is 5.91 Å². The Labute approximate surface area is 137 Å². The van der Waals surface area contributed by atoms with E-state index in [1.54, 1.807) is 38.2 Å². The Hall–Kier alpha value is -2.35. The van der Waals surface area contributed by atoms with Crippen molar-refractivity contribution in [2.24, 2.45) is 4.99 Å². The van der Waals surface area contributed by atoms with E-state index >= 15 is 0 Å². The molecular weight excluding hydrogens is 320 g/mol. The number of amides is 1. The number of aliphatic carboxylic acids is 1. The summed E-state index contributed by atoms with van der Waals surface area (Å²) in [6.45, 7) is 2.04. The lowest BCUT2D eigenvalue weighted by atomic mass is 10.2. The minimum atomic E-state index is -1.02. The Bertz CT molecular complexity index is 656. The first kappa shape index (κ1) is 17.0. The molecule has 1 N–H and O–H groups in total. The summed E-state index contributed by atoms with van der Waals surface area (Å²) in [6, 6.07) is 6.46. The normalized spacial score (nSPS) is 19.2. The third-order valence-corrected chi connectivity index (χ3v) is 4.33. The van der Waals surface area contributed by atoms with Gasteiger partial charge in [-0.3, -0.25) is 14.5 Å². The monoisotopic (exact) mass is 336 g/mol. The number of ether oxygens (including phenoxy) is 1. The van der Waals surface area contributed by atoms with E-state index < -0.39 is 17.2 Å². The van der Waals surface area contributed by atoms with Crippen molar-refractivity contribution in [2.45, 2.75) is 18.6 Å². The standard InChI is InChI=1S/C15H16N2O5S/c1-3-22-14(21)9-4-6-10(7-5-9)16-15-17(2)13(20)11(23-15)8-12(18)19/h4-7,11H,3,8H2,1-2H3,(H,18,19)/t11-/m0/s1. The number of carbonyl (C=O) groups is 3. The molecule has 0 saturated carbocycles. The number of hydrogen-bond acceptors (Lipinski definition) is 6. The second-order valence-electron chi connectivity index (χ2n) is 4.76. The van der Waals surface area contributed by atoms with E-state index in [4.69, 9.17) is 9.84 Å². The molecule has 8 heteroatoms. The number of esters is 1. The van der Waals surface area contributed by atoms with Gasteiger partial charge in [0.15, 0.2) is 5.17 Å². The molecule has 23 heavy (non-hydrogen) atoms. The third-order valence-electron chi connectivity index (χ3n) is 3.10. The van der Waals surface area contributed by atoms with Gasteiger partial charge in [0.1, 0.15) is 5.25 Å². The molecule has 1 atom stereocenters. The molecule has 122 valence electrons. The van der Waals surface area contributed by atoms with Crippen LogP contribution in [0.2, 0.25) is 0 Å². The molecule has 1 aromatic carbocycles. The second-order valence-corrected chi connectivity index (χ2v) is 5.93. The van der Waals surface area contributed by atoms with E-state index in [9.17, 15) is 14.4 Å². The van der Waals surface area contributed by atoms with Crippen LogP contribution in [0.25, 0.3) is 0 Å². The van der Waals surface area contributed by atoms with E-state index in [0.29, 0.717) is 23.0 Å². The highest BCUT2D eigenvalue weighted by Crippen LogP contribution is 2.30. The first-order valence-electron chi connectivity index (χ1n) is 6.94. The summed E-state index contributed by atoms with van der Waals surface area (Å²) in [5.74, 6) is -1.71. The van der Waals surface area contributed by atoms with E-state index in [-0.39, 0.29) is 12.3 Å². The second kappa shape index (κ2) is 7.28. The molecule has 1 heterocycles. The van der Waals surface area contributed by atoms with Crippen molar-refractivity contribution < 1.29 is 24.2 Å². The Morgan fingerprint density at radius 2 is 2.00 bits per heavy atom. The lowest BCUT2D eigenvalue weighted by Gasteiger charge is -2.08.